The first kappa shape index (κ1) is 10.5. The minimum absolute atomic E-state index is 0.0154. The lowest BCUT2D eigenvalue weighted by molar-refractivity contribution is 0.291. The van der Waals surface area contributed by atoms with E-state index in [2.05, 4.69) is 4.99 Å². The van der Waals surface area contributed by atoms with Crippen molar-refractivity contribution < 1.29 is 19.4 Å². The van der Waals surface area contributed by atoms with Gasteiger partial charge in [-0.05, 0) is 12.1 Å². The molecule has 1 aliphatic heterocycles. The van der Waals surface area contributed by atoms with E-state index in [9.17, 15) is 9.90 Å². The van der Waals surface area contributed by atoms with E-state index in [0.717, 1.165) is 6.42 Å². The summed E-state index contributed by atoms with van der Waals surface area (Å²) < 4.78 is 10.8. The third-order valence-electron chi connectivity index (χ3n) is 2.29. The number of aliphatic imine (C=N–C) groups is 1. The predicted molar refractivity (Wildman–Crippen MR) is 55.5 cm³/mol. The summed E-state index contributed by atoms with van der Waals surface area (Å²) in [5, 5.41) is 9.89. The standard InChI is InChI=1S/C11H11NO4/c13-7-12-6-8-2-3-9-11(10(8)14)16-5-1-4-15-9/h2-3,14H,1,4-6H2. The minimum atomic E-state index is -0.0154. The van der Waals surface area contributed by atoms with Gasteiger partial charge in [0.15, 0.2) is 11.5 Å². The molecule has 16 heavy (non-hydrogen) atoms. The number of fused-ring (bicyclic) bond motifs is 1. The van der Waals surface area contributed by atoms with Crippen LogP contribution in [0.15, 0.2) is 17.1 Å². The summed E-state index contributed by atoms with van der Waals surface area (Å²) in [6, 6.07) is 3.36. The lowest BCUT2D eigenvalue weighted by Gasteiger charge is -2.10. The molecule has 1 heterocycles. The zero-order valence-corrected chi connectivity index (χ0v) is 8.60. The molecule has 0 spiro atoms. The van der Waals surface area contributed by atoms with E-state index in [0.29, 0.717) is 30.3 Å². The van der Waals surface area contributed by atoms with Crippen LogP contribution in [0.5, 0.6) is 17.2 Å². The highest BCUT2D eigenvalue weighted by Gasteiger charge is 2.17. The lowest BCUT2D eigenvalue weighted by Crippen LogP contribution is -1.97. The van der Waals surface area contributed by atoms with Crippen LogP contribution < -0.4 is 9.47 Å². The second-order valence-corrected chi connectivity index (χ2v) is 3.36. The maximum absolute atomic E-state index is 10.0. The number of isocyanates is 1. The number of benzene rings is 1. The van der Waals surface area contributed by atoms with Crippen molar-refractivity contribution in [3.8, 4) is 17.2 Å². The number of carbonyl (C=O) groups excluding carboxylic acids is 1. The number of rotatable bonds is 2. The molecule has 0 atom stereocenters. The third-order valence-corrected chi connectivity index (χ3v) is 2.29. The van der Waals surface area contributed by atoms with Crippen LogP contribution in [0.1, 0.15) is 12.0 Å². The van der Waals surface area contributed by atoms with Crippen molar-refractivity contribution in [3.63, 3.8) is 0 Å². The van der Waals surface area contributed by atoms with E-state index in [1.807, 2.05) is 0 Å². The number of nitrogens with zero attached hydrogens (tertiary/aromatic N) is 1. The van der Waals surface area contributed by atoms with Gasteiger partial charge in [0.2, 0.25) is 11.8 Å². The molecule has 5 heteroatoms. The molecule has 1 N–H and O–H groups in total. The molecular weight excluding hydrogens is 210 g/mol. The Labute approximate surface area is 92.3 Å². The molecule has 0 aromatic heterocycles. The molecule has 84 valence electrons. The number of hydrogen-bond donors (Lipinski definition) is 1. The van der Waals surface area contributed by atoms with E-state index >= 15 is 0 Å². The Bertz CT molecular complexity index is 438. The first-order chi connectivity index (χ1) is 7.83. The Morgan fingerprint density at radius 3 is 3.00 bits per heavy atom. The highest BCUT2D eigenvalue weighted by atomic mass is 16.5. The first-order valence-electron chi connectivity index (χ1n) is 4.97. The fourth-order valence-corrected chi connectivity index (χ4v) is 1.51. The van der Waals surface area contributed by atoms with E-state index in [1.54, 1.807) is 12.1 Å². The average Bonchev–Trinajstić information content (AvgIpc) is 2.54. The van der Waals surface area contributed by atoms with Crippen LogP contribution in [0.3, 0.4) is 0 Å². The van der Waals surface area contributed by atoms with Gasteiger partial charge in [-0.2, -0.15) is 0 Å². The maximum atomic E-state index is 10.0. The van der Waals surface area contributed by atoms with E-state index in [4.69, 9.17) is 9.47 Å². The highest BCUT2D eigenvalue weighted by molar-refractivity contribution is 5.55. The Balaban J connectivity index is 2.37. The normalized spacial score (nSPS) is 13.8. The zero-order chi connectivity index (χ0) is 11.4. The highest BCUT2D eigenvalue weighted by Crippen LogP contribution is 2.40. The minimum Gasteiger partial charge on any atom is -0.504 e. The molecular formula is C11H11NO4. The van der Waals surface area contributed by atoms with Gasteiger partial charge in [0, 0.05) is 12.0 Å². The number of phenols is 1. The van der Waals surface area contributed by atoms with Crippen molar-refractivity contribution in [1.82, 2.24) is 0 Å². The van der Waals surface area contributed by atoms with Crippen LogP contribution in [0, 0.1) is 0 Å². The Kier molecular flexibility index (Phi) is 3.08. The predicted octanol–water partition coefficient (Wildman–Crippen LogP) is 1.39. The fourth-order valence-electron chi connectivity index (χ4n) is 1.51. The van der Waals surface area contributed by atoms with Crippen molar-refractivity contribution in [2.75, 3.05) is 13.2 Å². The van der Waals surface area contributed by atoms with Crippen molar-refractivity contribution in [1.29, 1.82) is 0 Å². The number of phenolic OH excluding ortho intramolecular Hbond substituents is 1. The molecule has 1 aromatic rings. The van der Waals surface area contributed by atoms with Crippen LogP contribution in [0.4, 0.5) is 0 Å². The van der Waals surface area contributed by atoms with Gasteiger partial charge in [-0.25, -0.2) is 9.79 Å². The molecule has 0 saturated heterocycles. The number of aromatic hydroxyl groups is 1. The topological polar surface area (TPSA) is 68.1 Å². The second kappa shape index (κ2) is 4.68. The Morgan fingerprint density at radius 1 is 1.38 bits per heavy atom. The summed E-state index contributed by atoms with van der Waals surface area (Å²) in [4.78, 5) is 13.4. The van der Waals surface area contributed by atoms with Gasteiger partial charge in [-0.3, -0.25) is 0 Å². The van der Waals surface area contributed by atoms with Crippen molar-refractivity contribution >= 4 is 6.08 Å². The van der Waals surface area contributed by atoms with Gasteiger partial charge in [0.05, 0.1) is 19.8 Å². The maximum Gasteiger partial charge on any atom is 0.235 e. The zero-order valence-electron chi connectivity index (χ0n) is 8.60. The number of ether oxygens (including phenoxy) is 2. The van der Waals surface area contributed by atoms with E-state index in [1.165, 1.54) is 6.08 Å². The van der Waals surface area contributed by atoms with Crippen molar-refractivity contribution in [2.24, 2.45) is 4.99 Å². The Morgan fingerprint density at radius 2 is 2.19 bits per heavy atom. The third kappa shape index (κ3) is 1.99. The monoisotopic (exact) mass is 221 g/mol. The van der Waals surface area contributed by atoms with Crippen molar-refractivity contribution in [3.05, 3.63) is 17.7 Å². The molecule has 0 bridgehead atoms. The molecule has 2 rings (SSSR count). The second-order valence-electron chi connectivity index (χ2n) is 3.36. The van der Waals surface area contributed by atoms with E-state index in [-0.39, 0.29) is 12.3 Å². The van der Waals surface area contributed by atoms with Gasteiger partial charge in [0.1, 0.15) is 0 Å². The van der Waals surface area contributed by atoms with E-state index < -0.39 is 0 Å². The summed E-state index contributed by atoms with van der Waals surface area (Å²) in [7, 11) is 0. The lowest BCUT2D eigenvalue weighted by atomic mass is 10.1. The smallest absolute Gasteiger partial charge is 0.235 e. The average molecular weight is 221 g/mol. The molecule has 0 unspecified atom stereocenters. The van der Waals surface area contributed by atoms with Gasteiger partial charge < -0.3 is 14.6 Å². The molecule has 0 saturated carbocycles. The summed E-state index contributed by atoms with van der Waals surface area (Å²) in [5.41, 5.74) is 0.521. The van der Waals surface area contributed by atoms with Gasteiger partial charge >= 0.3 is 0 Å². The molecule has 0 aliphatic carbocycles. The van der Waals surface area contributed by atoms with Crippen LogP contribution in [0.2, 0.25) is 0 Å². The largest absolute Gasteiger partial charge is 0.504 e. The molecule has 1 aliphatic rings. The summed E-state index contributed by atoms with van der Waals surface area (Å²) in [5.74, 6) is 0.836. The summed E-state index contributed by atoms with van der Waals surface area (Å²) in [6.45, 7) is 1.16. The molecule has 0 radical (unpaired) electrons. The molecule has 1 aromatic carbocycles. The first-order valence-corrected chi connectivity index (χ1v) is 4.97. The molecule has 0 fully saturated rings. The van der Waals surface area contributed by atoms with Gasteiger partial charge in [0.25, 0.3) is 0 Å². The van der Waals surface area contributed by atoms with Crippen LogP contribution >= 0.6 is 0 Å². The molecule has 0 amide bonds. The molecule has 5 nitrogen and oxygen atoms in total. The number of hydrogen-bond acceptors (Lipinski definition) is 5. The SMILES string of the molecule is O=C=NCc1ccc2c(c1O)OCCCO2. The van der Waals surface area contributed by atoms with Crippen LogP contribution in [-0.4, -0.2) is 24.4 Å². The quantitative estimate of drug-likeness (QED) is 0.605. The van der Waals surface area contributed by atoms with Crippen molar-refractivity contribution in [2.45, 2.75) is 13.0 Å². The summed E-state index contributed by atoms with van der Waals surface area (Å²) >= 11 is 0. The van der Waals surface area contributed by atoms with Gasteiger partial charge in [-0.15, -0.1) is 0 Å². The van der Waals surface area contributed by atoms with Crippen LogP contribution in [0.25, 0.3) is 0 Å². The van der Waals surface area contributed by atoms with Gasteiger partial charge in [-0.1, -0.05) is 0 Å². The Hall–Kier alpha value is -2.00. The fraction of sp³-hybridized carbons (Fsp3) is 0.364. The summed E-state index contributed by atoms with van der Waals surface area (Å²) in [6.07, 6.45) is 2.20. The van der Waals surface area contributed by atoms with Crippen LogP contribution in [-0.2, 0) is 11.3 Å².